The predicted molar refractivity (Wildman–Crippen MR) is 70.1 cm³/mol. The smallest absolute Gasteiger partial charge is 0.311 e. The molecule has 4 nitrogen and oxygen atoms in total. The molecule has 0 amide bonds. The van der Waals surface area contributed by atoms with Crippen LogP contribution in [0.25, 0.3) is 0 Å². The van der Waals surface area contributed by atoms with Gasteiger partial charge in [0, 0.05) is 0 Å². The van der Waals surface area contributed by atoms with E-state index in [1.165, 1.54) is 0 Å². The lowest BCUT2D eigenvalue weighted by atomic mass is 9.73. The average molecular weight is 258 g/mol. The van der Waals surface area contributed by atoms with Crippen LogP contribution in [0.4, 0.5) is 0 Å². The van der Waals surface area contributed by atoms with Crippen LogP contribution in [0.3, 0.4) is 0 Å². The highest BCUT2D eigenvalue weighted by atomic mass is 16.5. The van der Waals surface area contributed by atoms with Crippen molar-refractivity contribution in [3.05, 3.63) is 0 Å². The second kappa shape index (κ2) is 6.76. The van der Waals surface area contributed by atoms with Crippen molar-refractivity contribution in [2.45, 2.75) is 54.4 Å². The Morgan fingerprint density at radius 1 is 0.944 bits per heavy atom. The van der Waals surface area contributed by atoms with Gasteiger partial charge in [-0.3, -0.25) is 9.59 Å². The summed E-state index contributed by atoms with van der Waals surface area (Å²) in [5, 5.41) is 0. The Morgan fingerprint density at radius 2 is 1.44 bits per heavy atom. The average Bonchev–Trinajstić information content (AvgIpc) is 2.15. The van der Waals surface area contributed by atoms with E-state index in [0.717, 1.165) is 0 Å². The van der Waals surface area contributed by atoms with E-state index in [1.54, 1.807) is 13.8 Å². The molecule has 0 fully saturated rings. The summed E-state index contributed by atoms with van der Waals surface area (Å²) in [5.41, 5.74) is -0.880. The molecule has 0 aliphatic carbocycles. The molecule has 0 saturated heterocycles. The van der Waals surface area contributed by atoms with Crippen molar-refractivity contribution in [2.75, 3.05) is 13.2 Å². The van der Waals surface area contributed by atoms with Gasteiger partial charge < -0.3 is 9.47 Å². The summed E-state index contributed by atoms with van der Waals surface area (Å²) < 4.78 is 10.00. The van der Waals surface area contributed by atoms with Gasteiger partial charge in [0.15, 0.2) is 0 Å². The van der Waals surface area contributed by atoms with Crippen molar-refractivity contribution in [1.82, 2.24) is 0 Å². The lowest BCUT2D eigenvalue weighted by Gasteiger charge is -2.32. The number of esters is 2. The molecule has 106 valence electrons. The molecule has 0 aliphatic heterocycles. The van der Waals surface area contributed by atoms with E-state index in [2.05, 4.69) is 0 Å². The molecule has 0 unspecified atom stereocenters. The van der Waals surface area contributed by atoms with Gasteiger partial charge in [-0.15, -0.1) is 0 Å². The molecule has 0 aromatic rings. The maximum Gasteiger partial charge on any atom is 0.311 e. The summed E-state index contributed by atoms with van der Waals surface area (Å²) in [5.74, 6) is -0.441. The molecule has 0 spiro atoms. The van der Waals surface area contributed by atoms with Crippen LogP contribution in [0.2, 0.25) is 0 Å². The first-order valence-electron chi connectivity index (χ1n) is 6.47. The maximum atomic E-state index is 11.8. The fourth-order valence-electron chi connectivity index (χ4n) is 2.26. The van der Waals surface area contributed by atoms with Gasteiger partial charge in [-0.05, 0) is 39.5 Å². The molecule has 0 saturated carbocycles. The first-order valence-corrected chi connectivity index (χ1v) is 6.47. The Bertz CT molecular complexity index is 292. The molecule has 0 atom stereocenters. The molecule has 0 heterocycles. The van der Waals surface area contributed by atoms with E-state index < -0.39 is 5.41 Å². The van der Waals surface area contributed by atoms with Crippen molar-refractivity contribution in [3.63, 3.8) is 0 Å². The van der Waals surface area contributed by atoms with Gasteiger partial charge in [0.25, 0.3) is 0 Å². The first-order chi connectivity index (χ1) is 8.14. The Hall–Kier alpha value is -1.06. The third-order valence-electron chi connectivity index (χ3n) is 2.68. The molecular formula is C14H26O4. The van der Waals surface area contributed by atoms with Crippen LogP contribution >= 0.6 is 0 Å². The highest BCUT2D eigenvalue weighted by molar-refractivity contribution is 5.76. The summed E-state index contributed by atoms with van der Waals surface area (Å²) in [6.07, 6.45) is 0.890. The van der Waals surface area contributed by atoms with Crippen LogP contribution in [0.15, 0.2) is 0 Å². The molecule has 0 aromatic heterocycles. The summed E-state index contributed by atoms with van der Waals surface area (Å²) in [6, 6.07) is 0. The Balaban J connectivity index is 4.54. The lowest BCUT2D eigenvalue weighted by molar-refractivity contribution is -0.157. The number of carbonyl (C=O) groups excluding carboxylic acids is 2. The number of hydrogen-bond donors (Lipinski definition) is 0. The second-order valence-electron chi connectivity index (χ2n) is 5.93. The molecule has 4 heteroatoms. The van der Waals surface area contributed by atoms with Gasteiger partial charge in [-0.1, -0.05) is 13.8 Å². The van der Waals surface area contributed by atoms with E-state index >= 15 is 0 Å². The van der Waals surface area contributed by atoms with Crippen LogP contribution in [0.5, 0.6) is 0 Å². The second-order valence-corrected chi connectivity index (χ2v) is 5.93. The third-order valence-corrected chi connectivity index (χ3v) is 2.68. The minimum atomic E-state index is -0.591. The topological polar surface area (TPSA) is 52.6 Å². The quantitative estimate of drug-likeness (QED) is 0.659. The number of carbonyl (C=O) groups is 2. The van der Waals surface area contributed by atoms with Crippen LogP contribution < -0.4 is 0 Å². The molecule has 0 aromatic carbocycles. The summed E-state index contributed by atoms with van der Waals surface area (Å²) in [4.78, 5) is 23.3. The van der Waals surface area contributed by atoms with E-state index in [-0.39, 0.29) is 17.4 Å². The van der Waals surface area contributed by atoms with E-state index in [0.29, 0.717) is 26.1 Å². The van der Waals surface area contributed by atoms with Crippen LogP contribution in [0.1, 0.15) is 54.4 Å². The third kappa shape index (κ3) is 6.03. The highest BCUT2D eigenvalue weighted by Gasteiger charge is 2.37. The van der Waals surface area contributed by atoms with Crippen molar-refractivity contribution in [1.29, 1.82) is 0 Å². The van der Waals surface area contributed by atoms with E-state index in [4.69, 9.17) is 9.47 Å². The van der Waals surface area contributed by atoms with Crippen molar-refractivity contribution >= 4 is 11.9 Å². The molecule has 0 bridgehead atoms. The van der Waals surface area contributed by atoms with Crippen LogP contribution in [-0.2, 0) is 19.1 Å². The number of hydrogen-bond acceptors (Lipinski definition) is 4. The van der Waals surface area contributed by atoms with Gasteiger partial charge in [-0.2, -0.15) is 0 Å². The van der Waals surface area contributed by atoms with Crippen molar-refractivity contribution < 1.29 is 19.1 Å². The van der Waals surface area contributed by atoms with Crippen LogP contribution in [0, 0.1) is 10.8 Å². The van der Waals surface area contributed by atoms with E-state index in [1.807, 2.05) is 27.7 Å². The van der Waals surface area contributed by atoms with Crippen molar-refractivity contribution in [2.24, 2.45) is 10.8 Å². The highest BCUT2D eigenvalue weighted by Crippen LogP contribution is 2.37. The Morgan fingerprint density at radius 3 is 1.89 bits per heavy atom. The number of ether oxygens (including phenoxy) is 2. The molecule has 0 rings (SSSR count). The SMILES string of the molecule is CCOC(=O)CC(C)(C)CC(C)(C)C(=O)OCC. The molecule has 0 radical (unpaired) electrons. The lowest BCUT2D eigenvalue weighted by Crippen LogP contribution is -2.33. The van der Waals surface area contributed by atoms with Gasteiger partial charge in [0.05, 0.1) is 25.0 Å². The minimum absolute atomic E-state index is 0.220. The van der Waals surface area contributed by atoms with Crippen molar-refractivity contribution in [3.8, 4) is 0 Å². The standard InChI is InChI=1S/C14H26O4/c1-7-17-11(15)9-13(3,4)10-14(5,6)12(16)18-8-2/h7-10H2,1-6H3. The van der Waals surface area contributed by atoms with Gasteiger partial charge in [0.1, 0.15) is 0 Å². The maximum absolute atomic E-state index is 11.8. The fourth-order valence-corrected chi connectivity index (χ4v) is 2.26. The summed E-state index contributed by atoms with van der Waals surface area (Å²) in [7, 11) is 0. The summed E-state index contributed by atoms with van der Waals surface area (Å²) in [6.45, 7) is 12.0. The van der Waals surface area contributed by atoms with Gasteiger partial charge >= 0.3 is 11.9 Å². The normalized spacial score (nSPS) is 12.1. The molecule has 18 heavy (non-hydrogen) atoms. The van der Waals surface area contributed by atoms with E-state index in [9.17, 15) is 9.59 Å². The summed E-state index contributed by atoms with van der Waals surface area (Å²) >= 11 is 0. The Kier molecular flexibility index (Phi) is 6.36. The van der Waals surface area contributed by atoms with Gasteiger partial charge in [-0.25, -0.2) is 0 Å². The van der Waals surface area contributed by atoms with Gasteiger partial charge in [0.2, 0.25) is 0 Å². The molecule has 0 N–H and O–H groups in total. The molecular weight excluding hydrogens is 232 g/mol. The monoisotopic (exact) mass is 258 g/mol. The fraction of sp³-hybridized carbons (Fsp3) is 0.857. The number of rotatable bonds is 7. The van der Waals surface area contributed by atoms with Crippen LogP contribution in [-0.4, -0.2) is 25.2 Å². The minimum Gasteiger partial charge on any atom is -0.466 e. The predicted octanol–water partition coefficient (Wildman–Crippen LogP) is 2.95. The zero-order valence-corrected chi connectivity index (χ0v) is 12.5. The zero-order chi connectivity index (χ0) is 14.4. The zero-order valence-electron chi connectivity index (χ0n) is 12.5. The first kappa shape index (κ1) is 16.9. The largest absolute Gasteiger partial charge is 0.466 e. The Labute approximate surface area is 110 Å². The molecule has 0 aliphatic rings.